The third-order valence-corrected chi connectivity index (χ3v) is 3.82. The topological polar surface area (TPSA) is 25.8 Å². The first kappa shape index (κ1) is 11.1. The second kappa shape index (κ2) is 4.26. The fraction of sp³-hybridized carbons (Fsp3) is 0.111. The zero-order chi connectivity index (χ0) is 11.0. The second-order valence-corrected chi connectivity index (χ2v) is 4.95. The van der Waals surface area contributed by atoms with Gasteiger partial charge in [0.15, 0.2) is 5.82 Å². The van der Waals surface area contributed by atoms with E-state index in [2.05, 4.69) is 9.97 Å². The fourth-order valence-electron chi connectivity index (χ4n) is 1.00. The van der Waals surface area contributed by atoms with Gasteiger partial charge in [0, 0.05) is 10.9 Å². The Morgan fingerprint density at radius 3 is 2.20 bits per heavy atom. The first-order chi connectivity index (χ1) is 7.08. The molecule has 0 unspecified atom stereocenters. The summed E-state index contributed by atoms with van der Waals surface area (Å²) >= 11 is 19.1. The van der Waals surface area contributed by atoms with E-state index < -0.39 is 0 Å². The van der Waals surface area contributed by atoms with E-state index >= 15 is 0 Å². The summed E-state index contributed by atoms with van der Waals surface area (Å²) in [5.74, 6) is 0.507. The molecule has 2 aromatic rings. The Hall–Kier alpha value is -0.350. The molecule has 2 rings (SSSR count). The summed E-state index contributed by atoms with van der Waals surface area (Å²) in [7, 11) is 0. The molecule has 0 atom stereocenters. The largest absolute Gasteiger partial charge is 0.215 e. The van der Waals surface area contributed by atoms with E-state index in [0.29, 0.717) is 26.7 Å². The van der Waals surface area contributed by atoms with Crippen molar-refractivity contribution in [2.45, 2.75) is 6.92 Å². The molecule has 0 aliphatic rings. The zero-order valence-corrected chi connectivity index (χ0v) is 10.7. The van der Waals surface area contributed by atoms with Crippen LogP contribution in [0.5, 0.6) is 0 Å². The monoisotopic (exact) mass is 278 g/mol. The molecule has 2 aromatic heterocycles. The highest BCUT2D eigenvalue weighted by atomic mass is 35.5. The molecule has 0 radical (unpaired) electrons. The second-order valence-electron chi connectivity index (χ2n) is 2.88. The maximum atomic E-state index is 5.91. The molecule has 0 saturated carbocycles. The van der Waals surface area contributed by atoms with Crippen LogP contribution < -0.4 is 0 Å². The van der Waals surface area contributed by atoms with Crippen molar-refractivity contribution in [3.05, 3.63) is 32.3 Å². The molecule has 0 aromatic carbocycles. The molecule has 0 aliphatic carbocycles. The summed E-state index contributed by atoms with van der Waals surface area (Å²) in [6, 6.07) is 1.78. The molecular weight excluding hydrogens is 275 g/mol. The maximum absolute atomic E-state index is 5.91. The Morgan fingerprint density at radius 1 is 1.13 bits per heavy atom. The Balaban J connectivity index is 2.55. The first-order valence-electron chi connectivity index (χ1n) is 4.02. The van der Waals surface area contributed by atoms with Crippen molar-refractivity contribution in [2.75, 3.05) is 0 Å². The summed E-state index contributed by atoms with van der Waals surface area (Å²) in [6.45, 7) is 1.77. The van der Waals surface area contributed by atoms with Gasteiger partial charge in [-0.1, -0.05) is 34.8 Å². The van der Waals surface area contributed by atoms with Gasteiger partial charge in [-0.3, -0.25) is 0 Å². The average molecular weight is 280 g/mol. The van der Waals surface area contributed by atoms with Crippen LogP contribution in [0.3, 0.4) is 0 Å². The van der Waals surface area contributed by atoms with Gasteiger partial charge in [-0.05, 0) is 13.0 Å². The van der Waals surface area contributed by atoms with Crippen molar-refractivity contribution in [3.8, 4) is 10.7 Å². The van der Waals surface area contributed by atoms with Crippen molar-refractivity contribution >= 4 is 46.1 Å². The number of thiophene rings is 1. The lowest BCUT2D eigenvalue weighted by Gasteiger charge is -2.02. The highest BCUT2D eigenvalue weighted by Gasteiger charge is 2.10. The number of nitrogens with zero attached hydrogens (tertiary/aromatic N) is 2. The molecule has 0 amide bonds. The number of hydrogen-bond acceptors (Lipinski definition) is 3. The van der Waals surface area contributed by atoms with Gasteiger partial charge in [-0.15, -0.1) is 11.3 Å². The van der Waals surface area contributed by atoms with Crippen LogP contribution in [0.1, 0.15) is 5.56 Å². The molecular formula is C9H5Cl3N2S. The van der Waals surface area contributed by atoms with Crippen LogP contribution >= 0.6 is 46.1 Å². The molecule has 15 heavy (non-hydrogen) atoms. The predicted octanol–water partition coefficient (Wildman–Crippen LogP) is 4.47. The quantitative estimate of drug-likeness (QED) is 0.720. The van der Waals surface area contributed by atoms with E-state index in [4.69, 9.17) is 34.8 Å². The minimum atomic E-state index is 0.370. The van der Waals surface area contributed by atoms with Crippen molar-refractivity contribution in [1.82, 2.24) is 9.97 Å². The van der Waals surface area contributed by atoms with Gasteiger partial charge in [0.2, 0.25) is 0 Å². The van der Waals surface area contributed by atoms with Crippen LogP contribution in [0.15, 0.2) is 11.4 Å². The van der Waals surface area contributed by atoms with Gasteiger partial charge in [-0.25, -0.2) is 9.97 Å². The van der Waals surface area contributed by atoms with Gasteiger partial charge >= 0.3 is 0 Å². The minimum Gasteiger partial charge on any atom is -0.215 e. The number of halogens is 3. The standard InChI is InChI=1S/C9H5Cl3N2S/c1-4-7(11)13-9(14-8(4)12)6-2-5(10)3-15-6/h2-3H,1H3. The smallest absolute Gasteiger partial charge is 0.172 e. The van der Waals surface area contributed by atoms with Crippen molar-refractivity contribution < 1.29 is 0 Å². The Bertz CT molecular complexity index is 487. The van der Waals surface area contributed by atoms with Gasteiger partial charge in [0.25, 0.3) is 0 Å². The van der Waals surface area contributed by atoms with Crippen LogP contribution in [0, 0.1) is 6.92 Å². The molecule has 0 N–H and O–H groups in total. The van der Waals surface area contributed by atoms with Gasteiger partial charge in [-0.2, -0.15) is 0 Å². The van der Waals surface area contributed by atoms with E-state index in [9.17, 15) is 0 Å². The molecule has 6 heteroatoms. The number of aromatic nitrogens is 2. The summed E-state index contributed by atoms with van der Waals surface area (Å²) in [4.78, 5) is 9.13. The van der Waals surface area contributed by atoms with Crippen LogP contribution in [-0.4, -0.2) is 9.97 Å². The summed E-state index contributed by atoms with van der Waals surface area (Å²) in [6.07, 6.45) is 0. The fourth-order valence-corrected chi connectivity index (χ4v) is 2.40. The summed E-state index contributed by atoms with van der Waals surface area (Å²) in [5.41, 5.74) is 0.685. The highest BCUT2D eigenvalue weighted by Crippen LogP contribution is 2.30. The number of hydrogen-bond donors (Lipinski definition) is 0. The van der Waals surface area contributed by atoms with E-state index in [1.807, 2.05) is 5.38 Å². The SMILES string of the molecule is Cc1c(Cl)nc(-c2cc(Cl)cs2)nc1Cl. The molecule has 0 saturated heterocycles. The minimum absolute atomic E-state index is 0.370. The molecule has 78 valence electrons. The number of rotatable bonds is 1. The van der Waals surface area contributed by atoms with Crippen molar-refractivity contribution in [2.24, 2.45) is 0 Å². The average Bonchev–Trinajstić information content (AvgIpc) is 2.60. The Kier molecular flexibility index (Phi) is 3.16. The lowest BCUT2D eigenvalue weighted by molar-refractivity contribution is 1.15. The summed E-state index contributed by atoms with van der Waals surface area (Å²) in [5, 5.41) is 3.21. The molecule has 0 fully saturated rings. The van der Waals surface area contributed by atoms with E-state index in [0.717, 1.165) is 4.88 Å². The third kappa shape index (κ3) is 2.26. The van der Waals surface area contributed by atoms with Crippen LogP contribution in [0.4, 0.5) is 0 Å². The molecule has 0 bridgehead atoms. The van der Waals surface area contributed by atoms with Gasteiger partial charge in [0.1, 0.15) is 10.3 Å². The van der Waals surface area contributed by atoms with Crippen molar-refractivity contribution in [3.63, 3.8) is 0 Å². The normalized spacial score (nSPS) is 10.7. The van der Waals surface area contributed by atoms with Crippen LogP contribution in [-0.2, 0) is 0 Å². The third-order valence-electron chi connectivity index (χ3n) is 1.81. The predicted molar refractivity (Wildman–Crippen MR) is 65.1 cm³/mol. The van der Waals surface area contributed by atoms with E-state index in [1.54, 1.807) is 13.0 Å². The van der Waals surface area contributed by atoms with E-state index in [1.165, 1.54) is 11.3 Å². The molecule has 0 spiro atoms. The summed E-state index contributed by atoms with van der Waals surface area (Å²) < 4.78 is 0. The van der Waals surface area contributed by atoms with Gasteiger partial charge < -0.3 is 0 Å². The maximum Gasteiger partial charge on any atom is 0.172 e. The highest BCUT2D eigenvalue weighted by molar-refractivity contribution is 7.14. The van der Waals surface area contributed by atoms with Crippen molar-refractivity contribution in [1.29, 1.82) is 0 Å². The zero-order valence-electron chi connectivity index (χ0n) is 7.59. The first-order valence-corrected chi connectivity index (χ1v) is 6.03. The molecule has 0 aliphatic heterocycles. The Labute approximate surface area is 106 Å². The molecule has 2 nitrogen and oxygen atoms in total. The molecule has 2 heterocycles. The van der Waals surface area contributed by atoms with E-state index in [-0.39, 0.29) is 0 Å². The van der Waals surface area contributed by atoms with Crippen LogP contribution in [0.2, 0.25) is 15.3 Å². The van der Waals surface area contributed by atoms with Gasteiger partial charge in [0.05, 0.1) is 9.90 Å². The van der Waals surface area contributed by atoms with Crippen LogP contribution in [0.25, 0.3) is 10.7 Å². The Morgan fingerprint density at radius 2 is 1.73 bits per heavy atom. The lowest BCUT2D eigenvalue weighted by atomic mass is 10.3. The lowest BCUT2D eigenvalue weighted by Crippen LogP contribution is -1.92.